The van der Waals surface area contributed by atoms with E-state index in [1.54, 1.807) is 14.2 Å². The molecular weight excluding hydrogens is 266 g/mol. The van der Waals surface area contributed by atoms with Gasteiger partial charge in [0.1, 0.15) is 22.9 Å². The zero-order valence-corrected chi connectivity index (χ0v) is 12.9. The standard InChI is InChI=1S/C16H25N3O2/c1-20-13-10-7-11-14(21-2)15(13)16(19-17)18-12-8-5-3-4-6-9-12/h7,10-12H,3-6,8-9,17H2,1-2H3,(H,18,19). The number of amidine groups is 1. The van der Waals surface area contributed by atoms with Crippen molar-refractivity contribution in [3.8, 4) is 11.5 Å². The molecule has 0 bridgehead atoms. The van der Waals surface area contributed by atoms with Gasteiger partial charge in [-0.05, 0) is 25.0 Å². The van der Waals surface area contributed by atoms with Crippen LogP contribution in [0.4, 0.5) is 0 Å². The third kappa shape index (κ3) is 3.88. The highest BCUT2D eigenvalue weighted by molar-refractivity contribution is 6.03. The largest absolute Gasteiger partial charge is 0.496 e. The summed E-state index contributed by atoms with van der Waals surface area (Å²) in [5, 5.41) is 0. The molecule has 1 aliphatic carbocycles. The van der Waals surface area contributed by atoms with Crippen molar-refractivity contribution in [1.82, 2.24) is 5.43 Å². The number of nitrogens with two attached hydrogens (primary N) is 1. The molecule has 5 nitrogen and oxygen atoms in total. The lowest BCUT2D eigenvalue weighted by molar-refractivity contribution is 0.392. The van der Waals surface area contributed by atoms with Crippen LogP contribution in [-0.4, -0.2) is 26.1 Å². The van der Waals surface area contributed by atoms with Crippen molar-refractivity contribution in [3.05, 3.63) is 23.8 Å². The minimum atomic E-state index is 0.313. The highest BCUT2D eigenvalue weighted by Crippen LogP contribution is 2.29. The Balaban J connectivity index is 2.35. The monoisotopic (exact) mass is 291 g/mol. The first-order valence-corrected chi connectivity index (χ1v) is 7.56. The molecule has 0 heterocycles. The van der Waals surface area contributed by atoms with Crippen molar-refractivity contribution in [2.45, 2.75) is 44.6 Å². The van der Waals surface area contributed by atoms with Crippen LogP contribution in [0.3, 0.4) is 0 Å². The lowest BCUT2D eigenvalue weighted by atomic mass is 10.1. The Morgan fingerprint density at radius 2 is 1.67 bits per heavy atom. The number of ether oxygens (including phenoxy) is 2. The highest BCUT2D eigenvalue weighted by Gasteiger charge is 2.18. The molecule has 0 saturated heterocycles. The molecule has 0 aliphatic heterocycles. The molecule has 21 heavy (non-hydrogen) atoms. The molecule has 1 aliphatic rings. The summed E-state index contributed by atoms with van der Waals surface area (Å²) < 4.78 is 10.9. The topological polar surface area (TPSA) is 68.9 Å². The Labute approximate surface area is 126 Å². The van der Waals surface area contributed by atoms with E-state index in [0.29, 0.717) is 23.4 Å². The van der Waals surface area contributed by atoms with Gasteiger partial charge in [-0.1, -0.05) is 31.7 Å². The van der Waals surface area contributed by atoms with Crippen LogP contribution in [0.15, 0.2) is 23.2 Å². The number of aliphatic imine (C=N–C) groups is 1. The van der Waals surface area contributed by atoms with Gasteiger partial charge >= 0.3 is 0 Å². The predicted octanol–water partition coefficient (Wildman–Crippen LogP) is 2.64. The van der Waals surface area contributed by atoms with Crippen LogP contribution in [0, 0.1) is 0 Å². The van der Waals surface area contributed by atoms with E-state index in [2.05, 4.69) is 5.43 Å². The Bertz CT molecular complexity index is 458. The summed E-state index contributed by atoms with van der Waals surface area (Å²) >= 11 is 0. The third-order valence-electron chi connectivity index (χ3n) is 3.94. The van der Waals surface area contributed by atoms with E-state index in [1.165, 1.54) is 25.7 Å². The van der Waals surface area contributed by atoms with Crippen molar-refractivity contribution < 1.29 is 9.47 Å². The number of hydrogen-bond donors (Lipinski definition) is 2. The summed E-state index contributed by atoms with van der Waals surface area (Å²) in [6.07, 6.45) is 7.29. The molecule has 5 heteroatoms. The third-order valence-corrected chi connectivity index (χ3v) is 3.94. The lowest BCUT2D eigenvalue weighted by Crippen LogP contribution is -2.33. The van der Waals surface area contributed by atoms with Gasteiger partial charge in [0, 0.05) is 0 Å². The molecule has 0 aromatic heterocycles. The molecule has 0 unspecified atom stereocenters. The van der Waals surface area contributed by atoms with Crippen molar-refractivity contribution >= 4 is 5.84 Å². The van der Waals surface area contributed by atoms with Crippen molar-refractivity contribution in [1.29, 1.82) is 0 Å². The second-order valence-corrected chi connectivity index (χ2v) is 5.30. The number of nitrogens with zero attached hydrogens (tertiary/aromatic N) is 1. The molecule has 0 spiro atoms. The van der Waals surface area contributed by atoms with E-state index < -0.39 is 0 Å². The van der Waals surface area contributed by atoms with Gasteiger partial charge in [-0.15, -0.1) is 0 Å². The summed E-state index contributed by atoms with van der Waals surface area (Å²) in [4.78, 5) is 4.82. The molecule has 1 aromatic rings. The number of hydrogen-bond acceptors (Lipinski definition) is 4. The van der Waals surface area contributed by atoms with Crippen molar-refractivity contribution in [3.63, 3.8) is 0 Å². The minimum Gasteiger partial charge on any atom is -0.496 e. The number of hydrazine groups is 1. The maximum atomic E-state index is 5.72. The highest BCUT2D eigenvalue weighted by atomic mass is 16.5. The van der Waals surface area contributed by atoms with Gasteiger partial charge in [-0.25, -0.2) is 5.84 Å². The average Bonchev–Trinajstić information content (AvgIpc) is 2.80. The molecule has 0 atom stereocenters. The van der Waals surface area contributed by atoms with Gasteiger partial charge in [-0.2, -0.15) is 0 Å². The number of methoxy groups -OCH3 is 2. The van der Waals surface area contributed by atoms with Gasteiger partial charge in [0.15, 0.2) is 0 Å². The van der Waals surface area contributed by atoms with E-state index in [-0.39, 0.29) is 0 Å². The Morgan fingerprint density at radius 3 is 2.14 bits per heavy atom. The Hall–Kier alpha value is -1.75. The molecule has 3 N–H and O–H groups in total. The SMILES string of the molecule is COc1cccc(OC)c1C(=NC1CCCCCC1)NN. The van der Waals surface area contributed by atoms with Crippen LogP contribution < -0.4 is 20.7 Å². The summed E-state index contributed by atoms with van der Waals surface area (Å²) in [7, 11) is 3.27. The Kier molecular flexibility index (Phi) is 5.87. The van der Waals surface area contributed by atoms with Gasteiger partial charge < -0.3 is 14.9 Å². The Morgan fingerprint density at radius 1 is 1.10 bits per heavy atom. The van der Waals surface area contributed by atoms with E-state index in [4.69, 9.17) is 20.3 Å². The molecule has 2 rings (SSSR count). The summed E-state index contributed by atoms with van der Waals surface area (Å²) in [6.45, 7) is 0. The summed E-state index contributed by atoms with van der Waals surface area (Å²) in [5.74, 6) is 7.77. The van der Waals surface area contributed by atoms with Gasteiger partial charge in [-0.3, -0.25) is 4.99 Å². The molecular formula is C16H25N3O2. The lowest BCUT2D eigenvalue weighted by Gasteiger charge is -2.17. The molecule has 1 saturated carbocycles. The normalized spacial score (nSPS) is 17.2. The molecule has 1 fully saturated rings. The smallest absolute Gasteiger partial charge is 0.150 e. The van der Waals surface area contributed by atoms with E-state index in [9.17, 15) is 0 Å². The first-order chi connectivity index (χ1) is 10.3. The molecule has 0 amide bonds. The van der Waals surface area contributed by atoms with Crippen LogP contribution >= 0.6 is 0 Å². The molecule has 0 radical (unpaired) electrons. The quantitative estimate of drug-likeness (QED) is 0.294. The van der Waals surface area contributed by atoms with Crippen molar-refractivity contribution in [2.24, 2.45) is 10.8 Å². The van der Waals surface area contributed by atoms with Crippen LogP contribution in [0.5, 0.6) is 11.5 Å². The molecule has 1 aromatic carbocycles. The number of benzene rings is 1. The van der Waals surface area contributed by atoms with Crippen LogP contribution in [-0.2, 0) is 0 Å². The minimum absolute atomic E-state index is 0.313. The molecule has 116 valence electrons. The van der Waals surface area contributed by atoms with E-state index >= 15 is 0 Å². The van der Waals surface area contributed by atoms with Gasteiger partial charge in [0.25, 0.3) is 0 Å². The zero-order valence-electron chi connectivity index (χ0n) is 12.9. The van der Waals surface area contributed by atoms with Crippen LogP contribution in [0.25, 0.3) is 0 Å². The van der Waals surface area contributed by atoms with Gasteiger partial charge in [0.05, 0.1) is 20.3 Å². The van der Waals surface area contributed by atoms with Crippen LogP contribution in [0.1, 0.15) is 44.1 Å². The maximum Gasteiger partial charge on any atom is 0.150 e. The number of rotatable bonds is 4. The second kappa shape index (κ2) is 7.88. The van der Waals surface area contributed by atoms with Crippen LogP contribution in [0.2, 0.25) is 0 Å². The van der Waals surface area contributed by atoms with E-state index in [0.717, 1.165) is 18.4 Å². The summed E-state index contributed by atoms with van der Waals surface area (Å²) in [6, 6.07) is 5.98. The number of nitrogens with one attached hydrogen (secondary N) is 1. The predicted molar refractivity (Wildman–Crippen MR) is 84.9 cm³/mol. The summed E-state index contributed by atoms with van der Waals surface area (Å²) in [5.41, 5.74) is 3.51. The first kappa shape index (κ1) is 15.6. The zero-order chi connectivity index (χ0) is 15.1. The second-order valence-electron chi connectivity index (χ2n) is 5.30. The fourth-order valence-corrected chi connectivity index (χ4v) is 2.83. The van der Waals surface area contributed by atoms with E-state index in [1.807, 2.05) is 18.2 Å². The average molecular weight is 291 g/mol. The first-order valence-electron chi connectivity index (χ1n) is 7.56. The fourth-order valence-electron chi connectivity index (χ4n) is 2.83. The van der Waals surface area contributed by atoms with Gasteiger partial charge in [0.2, 0.25) is 0 Å². The maximum absolute atomic E-state index is 5.72. The fraction of sp³-hybridized carbons (Fsp3) is 0.562. The van der Waals surface area contributed by atoms with Crippen molar-refractivity contribution in [2.75, 3.05) is 14.2 Å².